The minimum Gasteiger partial charge on any atom is -0.480 e. The third-order valence-corrected chi connectivity index (χ3v) is 6.69. The van der Waals surface area contributed by atoms with Crippen LogP contribution in [0.1, 0.15) is 44.2 Å². The van der Waals surface area contributed by atoms with Gasteiger partial charge >= 0.3 is 5.97 Å². The quantitative estimate of drug-likeness (QED) is 0.335. The Morgan fingerprint density at radius 1 is 0.895 bits per heavy atom. The van der Waals surface area contributed by atoms with E-state index in [9.17, 15) is 24.3 Å². The minimum atomic E-state index is -1.06. The van der Waals surface area contributed by atoms with E-state index in [0.717, 1.165) is 11.1 Å². The fourth-order valence-electron chi connectivity index (χ4n) is 4.75. The van der Waals surface area contributed by atoms with Crippen molar-refractivity contribution in [3.63, 3.8) is 0 Å². The molecule has 1 aliphatic heterocycles. The molecule has 3 amide bonds. The average Bonchev–Trinajstić information content (AvgIpc) is 3.39. The molecule has 204 valence electrons. The van der Waals surface area contributed by atoms with E-state index < -0.39 is 47.9 Å². The van der Waals surface area contributed by atoms with Crippen LogP contribution < -0.4 is 16.4 Å². The summed E-state index contributed by atoms with van der Waals surface area (Å²) in [5.74, 6) is -2.37. The van der Waals surface area contributed by atoms with Gasteiger partial charge in [-0.1, -0.05) is 74.5 Å². The first-order valence-electron chi connectivity index (χ1n) is 13.1. The second-order valence-corrected chi connectivity index (χ2v) is 10.3. The Kier molecular flexibility index (Phi) is 10.4. The lowest BCUT2D eigenvalue weighted by Crippen LogP contribution is -2.58. The number of hydrogen-bond acceptors (Lipinski definition) is 5. The lowest BCUT2D eigenvalue weighted by atomic mass is 9.99. The highest BCUT2D eigenvalue weighted by atomic mass is 16.4. The molecule has 4 atom stereocenters. The molecular formula is C29H38N4O5. The van der Waals surface area contributed by atoms with E-state index in [1.54, 1.807) is 0 Å². The van der Waals surface area contributed by atoms with Crippen LogP contribution in [0.15, 0.2) is 60.7 Å². The van der Waals surface area contributed by atoms with E-state index in [1.165, 1.54) is 4.90 Å². The second-order valence-electron chi connectivity index (χ2n) is 10.3. The molecule has 0 saturated carbocycles. The number of nitrogens with one attached hydrogen (secondary N) is 2. The largest absolute Gasteiger partial charge is 0.480 e. The second kappa shape index (κ2) is 13.7. The van der Waals surface area contributed by atoms with E-state index in [2.05, 4.69) is 10.6 Å². The maximum atomic E-state index is 13.5. The Labute approximate surface area is 223 Å². The number of benzene rings is 2. The van der Waals surface area contributed by atoms with Gasteiger partial charge in [-0.3, -0.25) is 14.4 Å². The van der Waals surface area contributed by atoms with Crippen LogP contribution in [0.2, 0.25) is 0 Å². The van der Waals surface area contributed by atoms with Gasteiger partial charge in [0.25, 0.3) is 0 Å². The highest BCUT2D eigenvalue weighted by Gasteiger charge is 2.38. The van der Waals surface area contributed by atoms with Crippen molar-refractivity contribution < 1.29 is 24.3 Å². The summed E-state index contributed by atoms with van der Waals surface area (Å²) in [6, 6.07) is 15.0. The van der Waals surface area contributed by atoms with Crippen LogP contribution in [0.3, 0.4) is 0 Å². The fraction of sp³-hybridized carbons (Fsp3) is 0.448. The molecule has 0 bridgehead atoms. The summed E-state index contributed by atoms with van der Waals surface area (Å²) >= 11 is 0. The van der Waals surface area contributed by atoms with Gasteiger partial charge in [-0.05, 0) is 42.7 Å². The molecular weight excluding hydrogens is 484 g/mol. The number of aliphatic carboxylic acids is 1. The van der Waals surface area contributed by atoms with E-state index in [0.29, 0.717) is 32.2 Å². The van der Waals surface area contributed by atoms with Crippen LogP contribution in [0.25, 0.3) is 0 Å². The molecule has 0 spiro atoms. The zero-order valence-electron chi connectivity index (χ0n) is 22.0. The van der Waals surface area contributed by atoms with Crippen LogP contribution >= 0.6 is 0 Å². The molecule has 4 unspecified atom stereocenters. The number of rotatable bonds is 12. The zero-order valence-corrected chi connectivity index (χ0v) is 22.0. The van der Waals surface area contributed by atoms with E-state index in [4.69, 9.17) is 5.73 Å². The number of carboxylic acids is 1. The highest BCUT2D eigenvalue weighted by molar-refractivity contribution is 5.94. The average molecular weight is 523 g/mol. The lowest BCUT2D eigenvalue weighted by Gasteiger charge is -2.29. The molecule has 1 aliphatic rings. The Bertz CT molecular complexity index is 1090. The van der Waals surface area contributed by atoms with E-state index in [-0.39, 0.29) is 12.3 Å². The van der Waals surface area contributed by atoms with Gasteiger partial charge in [0.1, 0.15) is 18.1 Å². The summed E-state index contributed by atoms with van der Waals surface area (Å²) in [5, 5.41) is 15.2. The number of carbonyl (C=O) groups excluding carboxylic acids is 3. The van der Waals surface area contributed by atoms with Crippen LogP contribution in [0.5, 0.6) is 0 Å². The zero-order chi connectivity index (χ0) is 27.7. The van der Waals surface area contributed by atoms with E-state index in [1.807, 2.05) is 74.5 Å². The Morgan fingerprint density at radius 3 is 2.00 bits per heavy atom. The number of nitrogens with zero attached hydrogens (tertiary/aromatic N) is 1. The molecule has 0 aliphatic carbocycles. The van der Waals surface area contributed by atoms with Crippen LogP contribution in [-0.4, -0.2) is 64.4 Å². The number of hydrogen-bond donors (Lipinski definition) is 4. The normalized spacial score (nSPS) is 17.5. The maximum Gasteiger partial charge on any atom is 0.326 e. The summed E-state index contributed by atoms with van der Waals surface area (Å²) in [7, 11) is 0. The van der Waals surface area contributed by atoms with Crippen molar-refractivity contribution in [2.75, 3.05) is 6.54 Å². The predicted octanol–water partition coefficient (Wildman–Crippen LogP) is 1.89. The number of amides is 3. The molecule has 2 aromatic carbocycles. The number of nitrogens with two attached hydrogens (primary N) is 1. The Morgan fingerprint density at radius 2 is 1.45 bits per heavy atom. The van der Waals surface area contributed by atoms with Gasteiger partial charge in [0, 0.05) is 13.0 Å². The van der Waals surface area contributed by atoms with Crippen molar-refractivity contribution in [3.8, 4) is 0 Å². The van der Waals surface area contributed by atoms with Crippen molar-refractivity contribution in [2.24, 2.45) is 11.7 Å². The summed E-state index contributed by atoms with van der Waals surface area (Å²) in [6.07, 6.45) is 1.83. The van der Waals surface area contributed by atoms with Gasteiger partial charge in [0.15, 0.2) is 0 Å². The first-order chi connectivity index (χ1) is 18.2. The Hall–Kier alpha value is -3.72. The van der Waals surface area contributed by atoms with Crippen molar-refractivity contribution in [1.29, 1.82) is 0 Å². The lowest BCUT2D eigenvalue weighted by molar-refractivity contribution is -0.149. The monoisotopic (exact) mass is 522 g/mol. The van der Waals surface area contributed by atoms with Gasteiger partial charge in [0.2, 0.25) is 17.7 Å². The highest BCUT2D eigenvalue weighted by Crippen LogP contribution is 2.20. The molecule has 38 heavy (non-hydrogen) atoms. The number of carboxylic acid groups (broad SMARTS) is 1. The molecule has 0 radical (unpaired) electrons. The van der Waals surface area contributed by atoms with Gasteiger partial charge < -0.3 is 26.4 Å². The van der Waals surface area contributed by atoms with Gasteiger partial charge in [0.05, 0.1) is 6.04 Å². The van der Waals surface area contributed by atoms with Crippen LogP contribution in [0.4, 0.5) is 0 Å². The van der Waals surface area contributed by atoms with Crippen LogP contribution in [-0.2, 0) is 32.0 Å². The molecule has 3 rings (SSSR count). The standard InChI is InChI=1S/C29H38N4O5/c1-19(2)16-23(31-26(34)22(30)17-20-10-5-3-6-11-20)27(35)32-24(18-21-12-7-4-8-13-21)28(36)33-15-9-14-25(33)29(37)38/h3-8,10-13,19,22-25H,9,14-18,30H2,1-2H3,(H,31,34)(H,32,35)(H,37,38). The molecule has 1 fully saturated rings. The Balaban J connectivity index is 1.76. The van der Waals surface area contributed by atoms with Crippen molar-refractivity contribution in [1.82, 2.24) is 15.5 Å². The molecule has 1 saturated heterocycles. The topological polar surface area (TPSA) is 142 Å². The molecule has 0 aromatic heterocycles. The predicted molar refractivity (Wildman–Crippen MR) is 144 cm³/mol. The van der Waals surface area contributed by atoms with Crippen LogP contribution in [0, 0.1) is 5.92 Å². The molecule has 2 aromatic rings. The first kappa shape index (κ1) is 28.8. The third kappa shape index (κ3) is 8.14. The minimum absolute atomic E-state index is 0.0784. The molecule has 9 nitrogen and oxygen atoms in total. The molecule has 9 heteroatoms. The SMILES string of the molecule is CC(C)CC(NC(=O)C(N)Cc1ccccc1)C(=O)NC(Cc1ccccc1)C(=O)N1CCCC1C(=O)O. The van der Waals surface area contributed by atoms with Gasteiger partial charge in [-0.15, -0.1) is 0 Å². The van der Waals surface area contributed by atoms with Crippen molar-refractivity contribution in [3.05, 3.63) is 71.8 Å². The van der Waals surface area contributed by atoms with Crippen molar-refractivity contribution >= 4 is 23.7 Å². The van der Waals surface area contributed by atoms with Gasteiger partial charge in [-0.2, -0.15) is 0 Å². The summed E-state index contributed by atoms with van der Waals surface area (Å²) in [4.78, 5) is 53.0. The third-order valence-electron chi connectivity index (χ3n) is 6.69. The summed E-state index contributed by atoms with van der Waals surface area (Å²) in [6.45, 7) is 4.19. The van der Waals surface area contributed by atoms with E-state index >= 15 is 0 Å². The van der Waals surface area contributed by atoms with Crippen molar-refractivity contribution in [2.45, 2.75) is 70.1 Å². The van der Waals surface area contributed by atoms with Gasteiger partial charge in [-0.25, -0.2) is 4.79 Å². The fourth-order valence-corrected chi connectivity index (χ4v) is 4.75. The smallest absolute Gasteiger partial charge is 0.326 e. The summed E-state index contributed by atoms with van der Waals surface area (Å²) in [5.41, 5.74) is 7.88. The number of likely N-dealkylation sites (tertiary alicyclic amines) is 1. The molecule has 1 heterocycles. The number of carbonyl (C=O) groups is 4. The maximum absolute atomic E-state index is 13.5. The first-order valence-corrected chi connectivity index (χ1v) is 13.1. The summed E-state index contributed by atoms with van der Waals surface area (Å²) < 4.78 is 0. The molecule has 5 N–H and O–H groups in total.